The maximum atomic E-state index is 12.9. The molecule has 0 atom stereocenters. The maximum absolute atomic E-state index is 12.9. The van der Waals surface area contributed by atoms with Crippen LogP contribution in [-0.4, -0.2) is 18.2 Å². The first-order chi connectivity index (χ1) is 12.7. The second-order valence-corrected chi connectivity index (χ2v) is 6.65. The van der Waals surface area contributed by atoms with Crippen molar-refractivity contribution in [1.82, 2.24) is 5.32 Å². The largest absolute Gasteiger partial charge is 0.417 e. The van der Waals surface area contributed by atoms with Gasteiger partial charge in [0.1, 0.15) is 0 Å². The molecular weight excluding hydrogens is 395 g/mol. The fourth-order valence-electron chi connectivity index (χ4n) is 2.60. The Morgan fingerprint density at radius 1 is 1.07 bits per heavy atom. The Balaban J connectivity index is 1.95. The summed E-state index contributed by atoms with van der Waals surface area (Å²) >= 11 is 10.8. The quantitative estimate of drug-likeness (QED) is 0.592. The number of alkyl halides is 3. The number of halogens is 4. The Kier molecular flexibility index (Phi) is 7.33. The van der Waals surface area contributed by atoms with Crippen molar-refractivity contribution in [3.63, 3.8) is 0 Å². The summed E-state index contributed by atoms with van der Waals surface area (Å²) in [5.41, 5.74) is 1.50. The Hall–Kier alpha value is -1.99. The molecule has 0 aliphatic heterocycles. The molecule has 0 amide bonds. The molecular formula is C19H21ClF3N3S. The van der Waals surface area contributed by atoms with Gasteiger partial charge in [-0.3, -0.25) is 0 Å². The third-order valence-corrected chi connectivity index (χ3v) is 4.62. The van der Waals surface area contributed by atoms with E-state index in [1.807, 2.05) is 24.3 Å². The number of hydrogen-bond donors (Lipinski definition) is 2. The topological polar surface area (TPSA) is 27.3 Å². The third-order valence-electron chi connectivity index (χ3n) is 4.04. The Morgan fingerprint density at radius 3 is 2.26 bits per heavy atom. The minimum atomic E-state index is -4.49. The third kappa shape index (κ3) is 6.01. The summed E-state index contributed by atoms with van der Waals surface area (Å²) in [7, 11) is 0. The van der Waals surface area contributed by atoms with Crippen LogP contribution in [-0.2, 0) is 12.7 Å². The van der Waals surface area contributed by atoms with Gasteiger partial charge in [0.05, 0.1) is 10.6 Å². The van der Waals surface area contributed by atoms with Crippen molar-refractivity contribution in [3.8, 4) is 0 Å². The van der Waals surface area contributed by atoms with Gasteiger partial charge in [-0.05, 0) is 68.0 Å². The summed E-state index contributed by atoms with van der Waals surface area (Å²) < 4.78 is 38.7. The van der Waals surface area contributed by atoms with Crippen molar-refractivity contribution in [1.29, 1.82) is 0 Å². The molecule has 2 aromatic carbocycles. The van der Waals surface area contributed by atoms with Crippen LogP contribution in [0.15, 0.2) is 42.5 Å². The van der Waals surface area contributed by atoms with Gasteiger partial charge in [-0.1, -0.05) is 17.7 Å². The van der Waals surface area contributed by atoms with Gasteiger partial charge in [-0.2, -0.15) is 13.2 Å². The molecule has 2 N–H and O–H groups in total. The lowest BCUT2D eigenvalue weighted by molar-refractivity contribution is -0.137. The van der Waals surface area contributed by atoms with Crippen LogP contribution in [0.1, 0.15) is 25.0 Å². The minimum Gasteiger partial charge on any atom is -0.372 e. The van der Waals surface area contributed by atoms with E-state index in [1.54, 1.807) is 0 Å². The van der Waals surface area contributed by atoms with Gasteiger partial charge >= 0.3 is 6.18 Å². The van der Waals surface area contributed by atoms with E-state index in [0.29, 0.717) is 10.7 Å². The molecule has 0 unspecified atom stereocenters. The lowest BCUT2D eigenvalue weighted by atomic mass is 10.1. The SMILES string of the molecule is CCN(CC)c1ccc(NC(=S)NCc2ccc(Cl)c(C(F)(F)F)c2)cc1. The zero-order valence-corrected chi connectivity index (χ0v) is 16.6. The van der Waals surface area contributed by atoms with Crippen molar-refractivity contribution in [2.75, 3.05) is 23.3 Å². The average Bonchev–Trinajstić information content (AvgIpc) is 2.62. The number of anilines is 2. The Labute approximate surface area is 167 Å². The highest BCUT2D eigenvalue weighted by molar-refractivity contribution is 7.80. The van der Waals surface area contributed by atoms with Crippen LogP contribution in [0.4, 0.5) is 24.5 Å². The fourth-order valence-corrected chi connectivity index (χ4v) is 3.02. The highest BCUT2D eigenvalue weighted by atomic mass is 35.5. The van der Waals surface area contributed by atoms with Crippen LogP contribution in [0, 0.1) is 0 Å². The zero-order valence-electron chi connectivity index (χ0n) is 15.0. The summed E-state index contributed by atoms with van der Waals surface area (Å²) in [4.78, 5) is 2.22. The van der Waals surface area contributed by atoms with E-state index in [-0.39, 0.29) is 11.6 Å². The van der Waals surface area contributed by atoms with Crippen LogP contribution in [0.2, 0.25) is 5.02 Å². The first-order valence-corrected chi connectivity index (χ1v) is 9.28. The average molecular weight is 416 g/mol. The van der Waals surface area contributed by atoms with Gasteiger partial charge in [0, 0.05) is 31.0 Å². The number of nitrogens with one attached hydrogen (secondary N) is 2. The molecule has 27 heavy (non-hydrogen) atoms. The summed E-state index contributed by atoms with van der Waals surface area (Å²) in [6, 6.07) is 11.6. The smallest absolute Gasteiger partial charge is 0.372 e. The van der Waals surface area contributed by atoms with Crippen LogP contribution >= 0.6 is 23.8 Å². The van der Waals surface area contributed by atoms with E-state index < -0.39 is 11.7 Å². The van der Waals surface area contributed by atoms with Crippen molar-refractivity contribution >= 4 is 40.3 Å². The summed E-state index contributed by atoms with van der Waals surface area (Å²) in [6.07, 6.45) is -4.49. The second-order valence-electron chi connectivity index (χ2n) is 5.84. The van der Waals surface area contributed by atoms with Crippen molar-refractivity contribution in [2.45, 2.75) is 26.6 Å². The molecule has 2 rings (SSSR count). The van der Waals surface area contributed by atoms with E-state index in [1.165, 1.54) is 12.1 Å². The number of thiocarbonyl (C=S) groups is 1. The molecule has 0 aliphatic carbocycles. The molecule has 0 fully saturated rings. The number of rotatable bonds is 6. The molecule has 0 spiro atoms. The molecule has 0 heterocycles. The number of hydrogen-bond acceptors (Lipinski definition) is 2. The predicted molar refractivity (Wildman–Crippen MR) is 110 cm³/mol. The first kappa shape index (κ1) is 21.3. The maximum Gasteiger partial charge on any atom is 0.417 e. The van der Waals surface area contributed by atoms with Gasteiger partial charge < -0.3 is 15.5 Å². The van der Waals surface area contributed by atoms with Crippen LogP contribution in [0.3, 0.4) is 0 Å². The van der Waals surface area contributed by atoms with Crippen LogP contribution < -0.4 is 15.5 Å². The minimum absolute atomic E-state index is 0.156. The van der Waals surface area contributed by atoms with Crippen molar-refractivity contribution in [3.05, 3.63) is 58.6 Å². The molecule has 0 radical (unpaired) electrons. The van der Waals surface area contributed by atoms with Crippen molar-refractivity contribution < 1.29 is 13.2 Å². The summed E-state index contributed by atoms with van der Waals surface area (Å²) in [5.74, 6) is 0. The monoisotopic (exact) mass is 415 g/mol. The standard InChI is InChI=1S/C19H21ClF3N3S/c1-3-26(4-2)15-8-6-14(7-9-15)25-18(27)24-12-13-5-10-17(20)16(11-13)19(21,22)23/h5-11H,3-4,12H2,1-2H3,(H2,24,25,27). The molecule has 0 aromatic heterocycles. The second kappa shape index (κ2) is 9.28. The van der Waals surface area contributed by atoms with Crippen LogP contribution in [0.5, 0.6) is 0 Å². The molecule has 146 valence electrons. The molecule has 0 saturated heterocycles. The highest BCUT2D eigenvalue weighted by Crippen LogP contribution is 2.35. The highest BCUT2D eigenvalue weighted by Gasteiger charge is 2.33. The summed E-state index contributed by atoms with van der Waals surface area (Å²) in [5, 5.41) is 5.94. The van der Waals surface area contributed by atoms with Gasteiger partial charge in [0.15, 0.2) is 5.11 Å². The van der Waals surface area contributed by atoms with Crippen molar-refractivity contribution in [2.24, 2.45) is 0 Å². The zero-order chi connectivity index (χ0) is 20.0. The molecule has 2 aromatic rings. The van der Waals surface area contributed by atoms with E-state index in [0.717, 1.165) is 30.5 Å². The van der Waals surface area contributed by atoms with E-state index in [4.69, 9.17) is 23.8 Å². The number of nitrogens with zero attached hydrogens (tertiary/aromatic N) is 1. The lowest BCUT2D eigenvalue weighted by Crippen LogP contribution is -2.28. The number of benzene rings is 2. The van der Waals surface area contributed by atoms with Gasteiger partial charge in [0.2, 0.25) is 0 Å². The normalized spacial score (nSPS) is 11.2. The van der Waals surface area contributed by atoms with Crippen LogP contribution in [0.25, 0.3) is 0 Å². The molecule has 0 bridgehead atoms. The predicted octanol–water partition coefficient (Wildman–Crippen LogP) is 5.69. The lowest BCUT2D eigenvalue weighted by Gasteiger charge is -2.21. The van der Waals surface area contributed by atoms with E-state index in [2.05, 4.69) is 29.4 Å². The molecule has 8 heteroatoms. The van der Waals surface area contributed by atoms with E-state index >= 15 is 0 Å². The molecule has 0 aliphatic rings. The Bertz CT molecular complexity index is 775. The first-order valence-electron chi connectivity index (χ1n) is 8.50. The Morgan fingerprint density at radius 2 is 1.70 bits per heavy atom. The molecule has 0 saturated carbocycles. The van der Waals surface area contributed by atoms with Gasteiger partial charge in [-0.15, -0.1) is 0 Å². The summed E-state index contributed by atoms with van der Waals surface area (Å²) in [6.45, 7) is 6.18. The van der Waals surface area contributed by atoms with E-state index in [9.17, 15) is 13.2 Å². The van der Waals surface area contributed by atoms with Gasteiger partial charge in [0.25, 0.3) is 0 Å². The fraction of sp³-hybridized carbons (Fsp3) is 0.316. The van der Waals surface area contributed by atoms with Gasteiger partial charge in [-0.25, -0.2) is 0 Å². The molecule has 3 nitrogen and oxygen atoms in total.